The summed E-state index contributed by atoms with van der Waals surface area (Å²) in [5.41, 5.74) is 2.20. The standard InChI is InChI=1S/C21H12N4O4S/c26-19-13-5-3-11(16-10-22-24-23-16)8-15(13)20(27)25(19)17-9-12(18-2-1-7-30-18)4-6-14(17)21(28)29/h1-10H,(H,28,29)(H,22,23,24). The Labute approximate surface area is 173 Å². The molecule has 0 atom stereocenters. The summed E-state index contributed by atoms with van der Waals surface area (Å²) in [6.45, 7) is 0. The number of nitrogens with one attached hydrogen (secondary N) is 1. The van der Waals surface area contributed by atoms with Gasteiger partial charge in [-0.25, -0.2) is 9.69 Å². The fourth-order valence-corrected chi connectivity index (χ4v) is 4.18. The molecule has 9 heteroatoms. The second-order valence-corrected chi connectivity index (χ2v) is 7.52. The fraction of sp³-hybridized carbons (Fsp3) is 0. The molecule has 2 aromatic carbocycles. The van der Waals surface area contributed by atoms with Gasteiger partial charge in [0.2, 0.25) is 0 Å². The second-order valence-electron chi connectivity index (χ2n) is 6.58. The van der Waals surface area contributed by atoms with Crippen molar-refractivity contribution in [1.29, 1.82) is 0 Å². The maximum absolute atomic E-state index is 13.2. The van der Waals surface area contributed by atoms with Crippen molar-refractivity contribution in [3.63, 3.8) is 0 Å². The van der Waals surface area contributed by atoms with Crippen molar-refractivity contribution in [2.75, 3.05) is 4.90 Å². The van der Waals surface area contributed by atoms with Crippen LogP contribution in [0.3, 0.4) is 0 Å². The molecule has 8 nitrogen and oxygen atoms in total. The number of benzene rings is 2. The highest BCUT2D eigenvalue weighted by atomic mass is 32.1. The monoisotopic (exact) mass is 416 g/mol. The summed E-state index contributed by atoms with van der Waals surface area (Å²) in [7, 11) is 0. The highest BCUT2D eigenvalue weighted by Gasteiger charge is 2.39. The molecule has 3 heterocycles. The van der Waals surface area contributed by atoms with Gasteiger partial charge in [0.05, 0.1) is 28.6 Å². The molecule has 0 saturated carbocycles. The van der Waals surface area contributed by atoms with Crippen LogP contribution >= 0.6 is 11.3 Å². The molecular weight excluding hydrogens is 404 g/mol. The molecule has 5 rings (SSSR count). The zero-order valence-electron chi connectivity index (χ0n) is 15.2. The van der Waals surface area contributed by atoms with Crippen LogP contribution in [-0.4, -0.2) is 38.3 Å². The number of rotatable bonds is 4. The van der Waals surface area contributed by atoms with Gasteiger partial charge in [0.25, 0.3) is 11.8 Å². The van der Waals surface area contributed by atoms with E-state index in [-0.39, 0.29) is 22.4 Å². The number of carbonyl (C=O) groups excluding carboxylic acids is 2. The summed E-state index contributed by atoms with van der Waals surface area (Å²) in [6, 6.07) is 13.2. The SMILES string of the molecule is O=C(O)c1ccc(-c2cccs2)cc1N1C(=O)c2ccc(-c3cn[nH]n3)cc2C1=O. The van der Waals surface area contributed by atoms with E-state index < -0.39 is 17.8 Å². The van der Waals surface area contributed by atoms with E-state index >= 15 is 0 Å². The molecule has 0 aliphatic carbocycles. The van der Waals surface area contributed by atoms with Gasteiger partial charge >= 0.3 is 5.97 Å². The Balaban J connectivity index is 1.63. The highest BCUT2D eigenvalue weighted by molar-refractivity contribution is 7.13. The molecule has 1 aliphatic heterocycles. The summed E-state index contributed by atoms with van der Waals surface area (Å²) in [5, 5.41) is 21.8. The van der Waals surface area contributed by atoms with E-state index in [0.717, 1.165) is 15.3 Å². The van der Waals surface area contributed by atoms with Crippen molar-refractivity contribution < 1.29 is 19.5 Å². The van der Waals surface area contributed by atoms with Gasteiger partial charge in [-0.3, -0.25) is 9.59 Å². The molecule has 2 aromatic heterocycles. The quantitative estimate of drug-likeness (QED) is 0.490. The minimum Gasteiger partial charge on any atom is -0.478 e. The first kappa shape index (κ1) is 18.0. The minimum absolute atomic E-state index is 0.0441. The predicted molar refractivity (Wildman–Crippen MR) is 110 cm³/mol. The largest absolute Gasteiger partial charge is 0.478 e. The lowest BCUT2D eigenvalue weighted by atomic mass is 10.0. The summed E-state index contributed by atoms with van der Waals surface area (Å²) in [4.78, 5) is 39.9. The van der Waals surface area contributed by atoms with Gasteiger partial charge in [0.1, 0.15) is 5.69 Å². The molecule has 1 aliphatic rings. The Morgan fingerprint density at radius 2 is 1.80 bits per heavy atom. The number of aromatic carboxylic acids is 1. The number of hydrogen-bond acceptors (Lipinski definition) is 6. The van der Waals surface area contributed by atoms with E-state index in [0.29, 0.717) is 11.3 Å². The number of nitrogens with zero attached hydrogens (tertiary/aromatic N) is 3. The molecule has 30 heavy (non-hydrogen) atoms. The lowest BCUT2D eigenvalue weighted by Gasteiger charge is -2.17. The van der Waals surface area contributed by atoms with E-state index in [9.17, 15) is 19.5 Å². The summed E-state index contributed by atoms with van der Waals surface area (Å²) in [6.07, 6.45) is 1.51. The Bertz CT molecular complexity index is 1310. The smallest absolute Gasteiger partial charge is 0.337 e. The highest BCUT2D eigenvalue weighted by Crippen LogP contribution is 2.36. The van der Waals surface area contributed by atoms with Gasteiger partial charge in [-0.1, -0.05) is 18.2 Å². The maximum atomic E-state index is 13.2. The van der Waals surface area contributed by atoms with Crippen LogP contribution in [0.4, 0.5) is 5.69 Å². The Hall–Kier alpha value is -4.11. The first-order valence-electron chi connectivity index (χ1n) is 8.85. The number of H-pyrrole nitrogens is 1. The molecular formula is C21H12N4O4S. The number of amides is 2. The van der Waals surface area contributed by atoms with Gasteiger partial charge < -0.3 is 5.11 Å². The fourth-order valence-electron chi connectivity index (χ4n) is 3.45. The maximum Gasteiger partial charge on any atom is 0.337 e. The van der Waals surface area contributed by atoms with Gasteiger partial charge in [0.15, 0.2) is 0 Å². The average Bonchev–Trinajstić information content (AvgIpc) is 3.50. The van der Waals surface area contributed by atoms with Crippen LogP contribution in [-0.2, 0) is 0 Å². The summed E-state index contributed by atoms with van der Waals surface area (Å²) < 4.78 is 0. The van der Waals surface area contributed by atoms with Crippen LogP contribution in [0.25, 0.3) is 21.7 Å². The Morgan fingerprint density at radius 1 is 1.00 bits per heavy atom. The lowest BCUT2D eigenvalue weighted by Crippen LogP contribution is -2.31. The van der Waals surface area contributed by atoms with Crippen LogP contribution in [0.1, 0.15) is 31.1 Å². The lowest BCUT2D eigenvalue weighted by molar-refractivity contribution is 0.0698. The number of aromatic nitrogens is 3. The molecule has 0 unspecified atom stereocenters. The number of fused-ring (bicyclic) bond motifs is 1. The number of carboxylic acids is 1. The van der Waals surface area contributed by atoms with Gasteiger partial charge in [-0.05, 0) is 41.3 Å². The number of hydrogen-bond donors (Lipinski definition) is 2. The van der Waals surface area contributed by atoms with Crippen molar-refractivity contribution in [3.8, 4) is 21.7 Å². The number of thiophene rings is 1. The average molecular weight is 416 g/mol. The van der Waals surface area contributed by atoms with E-state index in [1.165, 1.54) is 23.6 Å². The van der Waals surface area contributed by atoms with Gasteiger partial charge in [-0.2, -0.15) is 15.4 Å². The zero-order chi connectivity index (χ0) is 20.8. The minimum atomic E-state index is -1.22. The van der Waals surface area contributed by atoms with E-state index in [2.05, 4.69) is 15.4 Å². The third-order valence-electron chi connectivity index (χ3n) is 4.87. The first-order valence-corrected chi connectivity index (χ1v) is 9.73. The normalized spacial score (nSPS) is 13.0. The number of carboxylic acid groups (broad SMARTS) is 1. The molecule has 0 saturated heterocycles. The van der Waals surface area contributed by atoms with Crippen LogP contribution in [0.5, 0.6) is 0 Å². The van der Waals surface area contributed by atoms with Crippen molar-refractivity contribution >= 4 is 34.8 Å². The molecule has 2 N–H and O–H groups in total. The molecule has 146 valence electrons. The van der Waals surface area contributed by atoms with E-state index in [4.69, 9.17) is 0 Å². The second kappa shape index (κ2) is 6.75. The number of imide groups is 1. The molecule has 0 radical (unpaired) electrons. The predicted octanol–water partition coefficient (Wildman–Crippen LogP) is 3.70. The molecule has 0 spiro atoms. The third kappa shape index (κ3) is 2.72. The Morgan fingerprint density at radius 3 is 2.50 bits per heavy atom. The first-order chi connectivity index (χ1) is 14.5. The van der Waals surface area contributed by atoms with Gasteiger partial charge in [-0.15, -0.1) is 11.3 Å². The van der Waals surface area contributed by atoms with Crippen molar-refractivity contribution in [2.24, 2.45) is 0 Å². The number of anilines is 1. The number of carbonyl (C=O) groups is 3. The van der Waals surface area contributed by atoms with Crippen LogP contribution < -0.4 is 4.90 Å². The van der Waals surface area contributed by atoms with Crippen molar-refractivity contribution in [1.82, 2.24) is 15.4 Å². The summed E-state index contributed by atoms with van der Waals surface area (Å²) >= 11 is 1.48. The van der Waals surface area contributed by atoms with Crippen LogP contribution in [0.2, 0.25) is 0 Å². The zero-order valence-corrected chi connectivity index (χ0v) is 16.0. The van der Waals surface area contributed by atoms with Crippen LogP contribution in [0.15, 0.2) is 60.1 Å². The van der Waals surface area contributed by atoms with Crippen molar-refractivity contribution in [3.05, 3.63) is 76.8 Å². The topological polar surface area (TPSA) is 116 Å². The van der Waals surface area contributed by atoms with Crippen molar-refractivity contribution in [2.45, 2.75) is 0 Å². The Kier molecular flexibility index (Phi) is 4.04. The summed E-state index contributed by atoms with van der Waals surface area (Å²) in [5.74, 6) is -2.36. The molecule has 2 amide bonds. The van der Waals surface area contributed by atoms with E-state index in [1.807, 2.05) is 17.5 Å². The van der Waals surface area contributed by atoms with Gasteiger partial charge in [0, 0.05) is 10.4 Å². The number of aromatic amines is 1. The van der Waals surface area contributed by atoms with E-state index in [1.54, 1.807) is 30.3 Å². The molecule has 0 bridgehead atoms. The molecule has 0 fully saturated rings. The van der Waals surface area contributed by atoms with Crippen LogP contribution in [0, 0.1) is 0 Å². The molecule has 4 aromatic rings. The third-order valence-corrected chi connectivity index (χ3v) is 5.79.